The van der Waals surface area contributed by atoms with Crippen molar-refractivity contribution < 1.29 is 23.7 Å². The van der Waals surface area contributed by atoms with Crippen molar-refractivity contribution in [1.82, 2.24) is 4.90 Å². The zero-order valence-electron chi connectivity index (χ0n) is 13.9. The molecule has 1 saturated carbocycles. The van der Waals surface area contributed by atoms with Gasteiger partial charge >= 0.3 is 0 Å². The Labute approximate surface area is 141 Å². The summed E-state index contributed by atoms with van der Waals surface area (Å²) >= 11 is 0. The van der Waals surface area contributed by atoms with Crippen molar-refractivity contribution in [3.05, 3.63) is 35.4 Å². The van der Waals surface area contributed by atoms with Gasteiger partial charge in [0.25, 0.3) is 0 Å². The lowest BCUT2D eigenvalue weighted by Gasteiger charge is -2.56. The van der Waals surface area contributed by atoms with Gasteiger partial charge in [-0.25, -0.2) is 8.78 Å². The largest absolute Gasteiger partial charge is 0.392 e. The minimum Gasteiger partial charge on any atom is -0.392 e. The molecule has 1 aromatic rings. The highest BCUT2D eigenvalue weighted by molar-refractivity contribution is 5.21. The van der Waals surface area contributed by atoms with Gasteiger partial charge in [-0.15, -0.1) is 0 Å². The van der Waals surface area contributed by atoms with E-state index >= 15 is 0 Å². The third-order valence-electron chi connectivity index (χ3n) is 5.65. The first-order valence-electron chi connectivity index (χ1n) is 8.61. The molecule has 2 N–H and O–H groups in total. The number of piperidine rings is 1. The number of nitrogens with zero attached hydrogens (tertiary/aromatic N) is 1. The van der Waals surface area contributed by atoms with Gasteiger partial charge in [-0.05, 0) is 51.1 Å². The Kier molecular flexibility index (Phi) is 5.20. The van der Waals surface area contributed by atoms with Gasteiger partial charge in [-0.2, -0.15) is 0 Å². The number of hydrogen-bond acceptors (Lipinski definition) is 4. The minimum atomic E-state index is -1.07. The molecule has 1 spiro atoms. The number of aliphatic hydroxyl groups excluding tert-OH is 2. The van der Waals surface area contributed by atoms with E-state index in [9.17, 15) is 19.0 Å². The number of likely N-dealkylation sites (tertiary alicyclic amines) is 1. The van der Waals surface area contributed by atoms with E-state index in [0.29, 0.717) is 26.1 Å². The lowest BCUT2D eigenvalue weighted by atomic mass is 9.58. The number of halogens is 2. The van der Waals surface area contributed by atoms with Gasteiger partial charge < -0.3 is 19.8 Å². The standard InChI is InChI=1S/C18H25F2NO3/c1-2-24-17-10-16(23)18(17)5-7-21(8-6-18)11-15(22)13-9-12(19)3-4-14(13)20/h3-4,9,15-17,22-23H,2,5-8,10-11H2,1H3. The maximum absolute atomic E-state index is 13.8. The summed E-state index contributed by atoms with van der Waals surface area (Å²) in [6.07, 6.45) is 0.968. The summed E-state index contributed by atoms with van der Waals surface area (Å²) in [4.78, 5) is 2.04. The van der Waals surface area contributed by atoms with Crippen LogP contribution in [0.3, 0.4) is 0 Å². The molecule has 4 nitrogen and oxygen atoms in total. The molecule has 0 amide bonds. The van der Waals surface area contributed by atoms with Crippen LogP contribution < -0.4 is 0 Å². The highest BCUT2D eigenvalue weighted by Gasteiger charge is 2.55. The number of aliphatic hydroxyl groups is 2. The molecule has 3 atom stereocenters. The second kappa shape index (κ2) is 7.04. The Bertz CT molecular complexity index is 573. The van der Waals surface area contributed by atoms with Crippen LogP contribution in [-0.4, -0.2) is 53.6 Å². The van der Waals surface area contributed by atoms with Crippen molar-refractivity contribution in [2.24, 2.45) is 5.41 Å². The van der Waals surface area contributed by atoms with E-state index < -0.39 is 17.7 Å². The van der Waals surface area contributed by atoms with Gasteiger partial charge in [0.1, 0.15) is 11.6 Å². The van der Waals surface area contributed by atoms with E-state index in [-0.39, 0.29) is 29.7 Å². The highest BCUT2D eigenvalue weighted by Crippen LogP contribution is 2.51. The van der Waals surface area contributed by atoms with E-state index in [1.807, 2.05) is 11.8 Å². The first-order chi connectivity index (χ1) is 11.5. The van der Waals surface area contributed by atoms with Crippen LogP contribution in [0.15, 0.2) is 18.2 Å². The van der Waals surface area contributed by atoms with E-state index in [4.69, 9.17) is 4.74 Å². The first kappa shape index (κ1) is 17.7. The predicted octanol–water partition coefficient (Wildman–Crippen LogP) is 2.25. The molecular weight excluding hydrogens is 316 g/mol. The van der Waals surface area contributed by atoms with Crippen molar-refractivity contribution in [2.75, 3.05) is 26.2 Å². The van der Waals surface area contributed by atoms with E-state index in [0.717, 1.165) is 31.0 Å². The second-order valence-corrected chi connectivity index (χ2v) is 6.91. The number of rotatable bonds is 5. The van der Waals surface area contributed by atoms with Crippen molar-refractivity contribution in [2.45, 2.75) is 44.5 Å². The summed E-state index contributed by atoms with van der Waals surface area (Å²) < 4.78 is 32.8. The maximum Gasteiger partial charge on any atom is 0.129 e. The minimum absolute atomic E-state index is 0.00819. The van der Waals surface area contributed by atoms with Crippen LogP contribution in [0.1, 0.15) is 37.9 Å². The third-order valence-corrected chi connectivity index (χ3v) is 5.65. The van der Waals surface area contributed by atoms with Crippen LogP contribution in [0.25, 0.3) is 0 Å². The average Bonchev–Trinajstić information content (AvgIpc) is 2.57. The van der Waals surface area contributed by atoms with Crippen molar-refractivity contribution >= 4 is 0 Å². The molecule has 0 aromatic heterocycles. The van der Waals surface area contributed by atoms with Crippen LogP contribution in [0.4, 0.5) is 8.78 Å². The molecule has 2 aliphatic rings. The molecule has 2 fully saturated rings. The van der Waals surface area contributed by atoms with Crippen LogP contribution in [0.5, 0.6) is 0 Å². The molecular formula is C18H25F2NO3. The first-order valence-corrected chi connectivity index (χ1v) is 8.61. The Morgan fingerprint density at radius 3 is 2.67 bits per heavy atom. The second-order valence-electron chi connectivity index (χ2n) is 6.91. The molecule has 134 valence electrons. The zero-order valence-corrected chi connectivity index (χ0v) is 13.9. The summed E-state index contributed by atoms with van der Waals surface area (Å²) in [5.41, 5.74) is -0.187. The Morgan fingerprint density at radius 1 is 1.33 bits per heavy atom. The van der Waals surface area contributed by atoms with Crippen LogP contribution in [0.2, 0.25) is 0 Å². The van der Waals surface area contributed by atoms with Crippen LogP contribution >= 0.6 is 0 Å². The van der Waals surface area contributed by atoms with Gasteiger partial charge in [0.2, 0.25) is 0 Å². The molecule has 1 heterocycles. The summed E-state index contributed by atoms with van der Waals surface area (Å²) in [6.45, 7) is 4.26. The molecule has 1 saturated heterocycles. The van der Waals surface area contributed by atoms with E-state index in [1.54, 1.807) is 0 Å². The number of hydrogen-bond donors (Lipinski definition) is 2. The molecule has 0 radical (unpaired) electrons. The zero-order chi connectivity index (χ0) is 17.3. The van der Waals surface area contributed by atoms with Crippen LogP contribution in [0, 0.1) is 17.0 Å². The molecule has 0 bridgehead atoms. The molecule has 3 unspecified atom stereocenters. The fraction of sp³-hybridized carbons (Fsp3) is 0.667. The summed E-state index contributed by atoms with van der Waals surface area (Å²) in [7, 11) is 0. The molecule has 6 heteroatoms. The Morgan fingerprint density at radius 2 is 2.04 bits per heavy atom. The van der Waals surface area contributed by atoms with Gasteiger partial charge in [-0.1, -0.05) is 0 Å². The fourth-order valence-electron chi connectivity index (χ4n) is 4.08. The van der Waals surface area contributed by atoms with Crippen molar-refractivity contribution in [3.63, 3.8) is 0 Å². The highest BCUT2D eigenvalue weighted by atomic mass is 19.1. The van der Waals surface area contributed by atoms with Crippen molar-refractivity contribution in [1.29, 1.82) is 0 Å². The monoisotopic (exact) mass is 341 g/mol. The average molecular weight is 341 g/mol. The normalized spacial score (nSPS) is 27.9. The van der Waals surface area contributed by atoms with Gasteiger partial charge in [0.15, 0.2) is 0 Å². The number of β-amino-alcohol motifs (C(OH)–C–C–N with tert-alkyl or cyclic N) is 1. The SMILES string of the molecule is CCOC1CC(O)C12CCN(CC(O)c1cc(F)ccc1F)CC2. The van der Waals surface area contributed by atoms with Crippen LogP contribution in [-0.2, 0) is 4.74 Å². The molecule has 1 aromatic carbocycles. The molecule has 1 aliphatic carbocycles. The number of ether oxygens (including phenoxy) is 1. The smallest absolute Gasteiger partial charge is 0.129 e. The topological polar surface area (TPSA) is 52.9 Å². The Balaban J connectivity index is 1.58. The van der Waals surface area contributed by atoms with E-state index in [1.165, 1.54) is 0 Å². The fourth-order valence-corrected chi connectivity index (χ4v) is 4.08. The lowest BCUT2D eigenvalue weighted by Crippen LogP contribution is -2.62. The summed E-state index contributed by atoms with van der Waals surface area (Å²) in [5, 5.41) is 20.4. The summed E-state index contributed by atoms with van der Waals surface area (Å²) in [5.74, 6) is -1.15. The quantitative estimate of drug-likeness (QED) is 0.863. The van der Waals surface area contributed by atoms with Crippen molar-refractivity contribution in [3.8, 4) is 0 Å². The summed E-state index contributed by atoms with van der Waals surface area (Å²) in [6, 6.07) is 3.13. The van der Waals surface area contributed by atoms with E-state index in [2.05, 4.69) is 0 Å². The van der Waals surface area contributed by atoms with Gasteiger partial charge in [-0.3, -0.25) is 0 Å². The Hall–Kier alpha value is -1.08. The van der Waals surface area contributed by atoms with Gasteiger partial charge in [0.05, 0.1) is 18.3 Å². The third kappa shape index (κ3) is 3.20. The maximum atomic E-state index is 13.8. The van der Waals surface area contributed by atoms with Gasteiger partial charge in [0, 0.05) is 30.6 Å². The number of benzene rings is 1. The molecule has 1 aliphatic heterocycles. The molecule has 3 rings (SSSR count). The molecule has 24 heavy (non-hydrogen) atoms. The lowest BCUT2D eigenvalue weighted by molar-refractivity contribution is -0.210. The predicted molar refractivity (Wildman–Crippen MR) is 85.5 cm³/mol.